The molecule has 90 valence electrons. The number of fused-ring (bicyclic) bond motifs is 1. The molecular weight excluding hydrogens is 234 g/mol. The van der Waals surface area contributed by atoms with Crippen LogP contribution in [0.3, 0.4) is 0 Å². The average Bonchev–Trinajstić information content (AvgIpc) is 2.86. The number of aromatic nitrogens is 1. The number of ether oxygens (including phenoxy) is 1. The lowest BCUT2D eigenvalue weighted by molar-refractivity contribution is 0.0960. The van der Waals surface area contributed by atoms with Crippen molar-refractivity contribution in [2.75, 3.05) is 31.2 Å². The average molecular weight is 249 g/mol. The van der Waals surface area contributed by atoms with Crippen LogP contribution >= 0.6 is 11.3 Å². The van der Waals surface area contributed by atoms with Gasteiger partial charge in [0.1, 0.15) is 5.82 Å². The van der Waals surface area contributed by atoms with Crippen LogP contribution in [-0.2, 0) is 4.74 Å². The molecule has 1 aliphatic heterocycles. The Balaban J connectivity index is 2.04. The molecule has 1 fully saturated rings. The molecule has 0 aliphatic carbocycles. The van der Waals surface area contributed by atoms with Crippen molar-refractivity contribution >= 4 is 27.2 Å². The van der Waals surface area contributed by atoms with Gasteiger partial charge < -0.3 is 15.4 Å². The van der Waals surface area contributed by atoms with Gasteiger partial charge in [-0.2, -0.15) is 0 Å². The summed E-state index contributed by atoms with van der Waals surface area (Å²) in [5.74, 6) is 1.04. The molecule has 4 nitrogen and oxygen atoms in total. The van der Waals surface area contributed by atoms with E-state index in [1.807, 2.05) is 6.20 Å². The Kier molecular flexibility index (Phi) is 2.96. The molecule has 0 saturated carbocycles. The fourth-order valence-corrected chi connectivity index (χ4v) is 3.01. The van der Waals surface area contributed by atoms with E-state index in [0.717, 1.165) is 19.0 Å². The first-order valence-electron chi connectivity index (χ1n) is 5.77. The summed E-state index contributed by atoms with van der Waals surface area (Å²) in [4.78, 5) is 6.80. The number of hydrogen-bond donors (Lipinski definition) is 1. The van der Waals surface area contributed by atoms with Crippen molar-refractivity contribution < 1.29 is 4.74 Å². The highest BCUT2D eigenvalue weighted by Crippen LogP contribution is 2.30. The van der Waals surface area contributed by atoms with Crippen molar-refractivity contribution in [1.29, 1.82) is 0 Å². The van der Waals surface area contributed by atoms with Gasteiger partial charge in [-0.3, -0.25) is 0 Å². The van der Waals surface area contributed by atoms with Crippen LogP contribution in [0.15, 0.2) is 23.7 Å². The zero-order valence-corrected chi connectivity index (χ0v) is 10.3. The first-order valence-corrected chi connectivity index (χ1v) is 6.65. The van der Waals surface area contributed by atoms with E-state index in [2.05, 4.69) is 27.4 Å². The minimum Gasteiger partial charge on any atom is -0.377 e. The van der Waals surface area contributed by atoms with Gasteiger partial charge in [0.25, 0.3) is 0 Å². The Morgan fingerprint density at radius 1 is 1.53 bits per heavy atom. The Labute approximate surface area is 104 Å². The van der Waals surface area contributed by atoms with Crippen LogP contribution in [0.2, 0.25) is 0 Å². The highest BCUT2D eigenvalue weighted by Gasteiger charge is 2.24. The molecule has 1 aliphatic rings. The molecular formula is C12H15N3OS. The lowest BCUT2D eigenvalue weighted by Crippen LogP contribution is -2.49. The van der Waals surface area contributed by atoms with E-state index in [4.69, 9.17) is 10.5 Å². The summed E-state index contributed by atoms with van der Waals surface area (Å²) in [7, 11) is 0. The maximum absolute atomic E-state index is 5.80. The van der Waals surface area contributed by atoms with E-state index < -0.39 is 0 Å². The van der Waals surface area contributed by atoms with Crippen molar-refractivity contribution in [3.63, 3.8) is 0 Å². The van der Waals surface area contributed by atoms with Crippen LogP contribution in [0.25, 0.3) is 10.1 Å². The van der Waals surface area contributed by atoms with E-state index in [9.17, 15) is 0 Å². The molecule has 3 heterocycles. The second-order valence-corrected chi connectivity index (χ2v) is 5.07. The first kappa shape index (κ1) is 11.0. The number of anilines is 1. The lowest BCUT2D eigenvalue weighted by atomic mass is 10.2. The standard InChI is InChI=1S/C12H15N3OS/c13-7-9-8-16-5-4-15(9)12-10-2-6-17-11(10)1-3-14-12/h1-3,6,9H,4-5,7-8,13H2. The summed E-state index contributed by atoms with van der Waals surface area (Å²) in [6, 6.07) is 4.43. The van der Waals surface area contributed by atoms with E-state index in [1.165, 1.54) is 10.1 Å². The van der Waals surface area contributed by atoms with E-state index >= 15 is 0 Å². The van der Waals surface area contributed by atoms with Gasteiger partial charge >= 0.3 is 0 Å². The molecule has 1 unspecified atom stereocenters. The maximum Gasteiger partial charge on any atom is 0.137 e. The van der Waals surface area contributed by atoms with Gasteiger partial charge in [-0.05, 0) is 17.5 Å². The van der Waals surface area contributed by atoms with Crippen molar-refractivity contribution in [2.24, 2.45) is 5.73 Å². The van der Waals surface area contributed by atoms with Crippen LogP contribution in [-0.4, -0.2) is 37.3 Å². The summed E-state index contributed by atoms with van der Waals surface area (Å²) in [6.45, 7) is 2.91. The zero-order valence-electron chi connectivity index (χ0n) is 9.50. The third-order valence-corrected chi connectivity index (χ3v) is 4.01. The van der Waals surface area contributed by atoms with Gasteiger partial charge in [0, 0.05) is 29.4 Å². The summed E-state index contributed by atoms with van der Waals surface area (Å²) >= 11 is 1.75. The van der Waals surface area contributed by atoms with Gasteiger partial charge in [0.2, 0.25) is 0 Å². The Bertz CT molecular complexity index is 513. The summed E-state index contributed by atoms with van der Waals surface area (Å²) in [5.41, 5.74) is 5.80. The van der Waals surface area contributed by atoms with Gasteiger partial charge in [0.05, 0.1) is 19.3 Å². The number of morpholine rings is 1. The Morgan fingerprint density at radius 3 is 3.35 bits per heavy atom. The first-order chi connectivity index (χ1) is 8.40. The van der Waals surface area contributed by atoms with Gasteiger partial charge in [-0.15, -0.1) is 11.3 Å². The molecule has 3 rings (SSSR count). The number of hydrogen-bond acceptors (Lipinski definition) is 5. The fourth-order valence-electron chi connectivity index (χ4n) is 2.24. The zero-order chi connectivity index (χ0) is 11.7. The predicted octanol–water partition coefficient (Wildman–Crippen LogP) is 1.46. The molecule has 1 atom stereocenters. The topological polar surface area (TPSA) is 51.4 Å². The van der Waals surface area contributed by atoms with E-state index in [1.54, 1.807) is 11.3 Å². The molecule has 2 N–H and O–H groups in total. The molecule has 0 bridgehead atoms. The quantitative estimate of drug-likeness (QED) is 0.875. The monoisotopic (exact) mass is 249 g/mol. The van der Waals surface area contributed by atoms with Gasteiger partial charge in [-0.1, -0.05) is 0 Å². The minimum absolute atomic E-state index is 0.238. The molecule has 5 heteroatoms. The molecule has 0 spiro atoms. The summed E-state index contributed by atoms with van der Waals surface area (Å²) in [5, 5.41) is 3.33. The molecule has 2 aromatic rings. The maximum atomic E-state index is 5.80. The molecule has 0 amide bonds. The Morgan fingerprint density at radius 2 is 2.47 bits per heavy atom. The van der Waals surface area contributed by atoms with Crippen LogP contribution in [0, 0.1) is 0 Å². The summed E-state index contributed by atoms with van der Waals surface area (Å²) < 4.78 is 6.75. The normalized spacial score (nSPS) is 21.0. The lowest BCUT2D eigenvalue weighted by Gasteiger charge is -2.36. The second kappa shape index (κ2) is 4.60. The predicted molar refractivity (Wildman–Crippen MR) is 70.6 cm³/mol. The highest BCUT2D eigenvalue weighted by molar-refractivity contribution is 7.17. The molecule has 0 radical (unpaired) electrons. The number of nitrogens with zero attached hydrogens (tertiary/aromatic N) is 2. The minimum atomic E-state index is 0.238. The second-order valence-electron chi connectivity index (χ2n) is 4.12. The molecule has 0 aromatic carbocycles. The molecule has 2 aromatic heterocycles. The van der Waals surface area contributed by atoms with Gasteiger partial charge in [0.15, 0.2) is 0 Å². The number of pyridine rings is 1. The van der Waals surface area contributed by atoms with Crippen LogP contribution < -0.4 is 10.6 Å². The van der Waals surface area contributed by atoms with Crippen molar-refractivity contribution in [1.82, 2.24) is 4.98 Å². The third-order valence-electron chi connectivity index (χ3n) is 3.13. The van der Waals surface area contributed by atoms with Crippen molar-refractivity contribution in [3.8, 4) is 0 Å². The van der Waals surface area contributed by atoms with Gasteiger partial charge in [-0.25, -0.2) is 4.98 Å². The Hall–Kier alpha value is -1.17. The third kappa shape index (κ3) is 1.90. The van der Waals surface area contributed by atoms with E-state index in [-0.39, 0.29) is 6.04 Å². The smallest absolute Gasteiger partial charge is 0.137 e. The van der Waals surface area contributed by atoms with Crippen LogP contribution in [0.4, 0.5) is 5.82 Å². The number of rotatable bonds is 2. The van der Waals surface area contributed by atoms with E-state index in [0.29, 0.717) is 13.2 Å². The largest absolute Gasteiger partial charge is 0.377 e. The highest BCUT2D eigenvalue weighted by atomic mass is 32.1. The van der Waals surface area contributed by atoms with Crippen molar-refractivity contribution in [3.05, 3.63) is 23.7 Å². The van der Waals surface area contributed by atoms with Crippen LogP contribution in [0.5, 0.6) is 0 Å². The number of nitrogens with two attached hydrogens (primary N) is 1. The van der Waals surface area contributed by atoms with Crippen molar-refractivity contribution in [2.45, 2.75) is 6.04 Å². The summed E-state index contributed by atoms with van der Waals surface area (Å²) in [6.07, 6.45) is 1.87. The SMILES string of the molecule is NCC1COCCN1c1nccc2sccc12. The molecule has 17 heavy (non-hydrogen) atoms. The number of thiophene rings is 1. The van der Waals surface area contributed by atoms with Crippen LogP contribution in [0.1, 0.15) is 0 Å². The molecule has 1 saturated heterocycles. The fraction of sp³-hybridized carbons (Fsp3) is 0.417.